The fourth-order valence-corrected chi connectivity index (χ4v) is 2.23. The molecule has 5 heteroatoms. The molecule has 0 radical (unpaired) electrons. The Kier molecular flexibility index (Phi) is 3.77. The molecule has 0 aliphatic rings. The number of amides is 1. The summed E-state index contributed by atoms with van der Waals surface area (Å²) in [6, 6.07) is 5.90. The van der Waals surface area contributed by atoms with Gasteiger partial charge in [-0.25, -0.2) is 4.79 Å². The second-order valence-electron chi connectivity index (χ2n) is 6.06. The summed E-state index contributed by atoms with van der Waals surface area (Å²) in [6.07, 6.45) is 0. The summed E-state index contributed by atoms with van der Waals surface area (Å²) < 4.78 is 4.76. The van der Waals surface area contributed by atoms with Gasteiger partial charge >= 0.3 is 5.97 Å². The first-order chi connectivity index (χ1) is 9.74. The zero-order valence-electron chi connectivity index (χ0n) is 13.0. The van der Waals surface area contributed by atoms with Crippen molar-refractivity contribution in [3.05, 3.63) is 29.5 Å². The minimum Gasteiger partial charge on any atom is -0.464 e. The first kappa shape index (κ1) is 15.1. The van der Waals surface area contributed by atoms with Crippen LogP contribution in [0, 0.1) is 0 Å². The van der Waals surface area contributed by atoms with Crippen molar-refractivity contribution in [1.29, 1.82) is 0 Å². The number of methoxy groups -OCH3 is 1. The van der Waals surface area contributed by atoms with Gasteiger partial charge < -0.3 is 15.0 Å². The van der Waals surface area contributed by atoms with Crippen LogP contribution in [0.15, 0.2) is 18.2 Å². The topological polar surface area (TPSA) is 71.2 Å². The summed E-state index contributed by atoms with van der Waals surface area (Å²) in [5.74, 6) is -0.742. The number of nitrogens with one attached hydrogen (secondary N) is 2. The Morgan fingerprint density at radius 1 is 1.24 bits per heavy atom. The molecule has 1 aromatic carbocycles. The van der Waals surface area contributed by atoms with Gasteiger partial charge in [0.25, 0.3) is 0 Å². The quantitative estimate of drug-likeness (QED) is 0.833. The van der Waals surface area contributed by atoms with Gasteiger partial charge in [0.2, 0.25) is 5.91 Å². The Labute approximate surface area is 123 Å². The van der Waals surface area contributed by atoms with Gasteiger partial charge in [0, 0.05) is 17.8 Å². The predicted molar refractivity (Wildman–Crippen MR) is 82.6 cm³/mol. The van der Waals surface area contributed by atoms with Gasteiger partial charge in [-0.05, 0) is 17.0 Å². The first-order valence-electron chi connectivity index (χ1n) is 6.76. The number of hydrogen-bond acceptors (Lipinski definition) is 3. The number of fused-ring (bicyclic) bond motifs is 1. The molecule has 5 nitrogen and oxygen atoms in total. The van der Waals surface area contributed by atoms with E-state index in [1.807, 2.05) is 18.2 Å². The lowest BCUT2D eigenvalue weighted by atomic mass is 9.87. The van der Waals surface area contributed by atoms with E-state index in [0.29, 0.717) is 5.69 Å². The Hall–Kier alpha value is -2.30. The van der Waals surface area contributed by atoms with Gasteiger partial charge in [-0.15, -0.1) is 0 Å². The van der Waals surface area contributed by atoms with Gasteiger partial charge in [0.1, 0.15) is 5.69 Å². The molecule has 1 heterocycles. The average molecular weight is 288 g/mol. The van der Waals surface area contributed by atoms with E-state index in [-0.39, 0.29) is 17.0 Å². The Balaban J connectivity index is 2.67. The molecule has 2 N–H and O–H groups in total. The summed E-state index contributed by atoms with van der Waals surface area (Å²) in [4.78, 5) is 26.3. The number of ether oxygens (including phenoxy) is 1. The van der Waals surface area contributed by atoms with Crippen LogP contribution >= 0.6 is 0 Å². The molecule has 0 saturated heterocycles. The lowest BCUT2D eigenvalue weighted by molar-refractivity contribution is -0.114. The van der Waals surface area contributed by atoms with Gasteiger partial charge in [-0.3, -0.25) is 4.79 Å². The second-order valence-corrected chi connectivity index (χ2v) is 6.06. The lowest BCUT2D eigenvalue weighted by Gasteiger charge is -2.18. The van der Waals surface area contributed by atoms with E-state index in [1.165, 1.54) is 14.0 Å². The molecule has 1 amide bonds. The van der Waals surface area contributed by atoms with Crippen LogP contribution in [0.3, 0.4) is 0 Å². The fourth-order valence-electron chi connectivity index (χ4n) is 2.23. The third kappa shape index (κ3) is 2.91. The molecule has 0 aliphatic carbocycles. The van der Waals surface area contributed by atoms with Crippen molar-refractivity contribution in [3.63, 3.8) is 0 Å². The lowest BCUT2D eigenvalue weighted by Crippen LogP contribution is -2.11. The molecule has 112 valence electrons. The van der Waals surface area contributed by atoms with Gasteiger partial charge in [-0.1, -0.05) is 32.9 Å². The van der Waals surface area contributed by atoms with Crippen molar-refractivity contribution in [3.8, 4) is 0 Å². The summed E-state index contributed by atoms with van der Waals surface area (Å²) >= 11 is 0. The smallest absolute Gasteiger partial charge is 0.356 e. The minimum atomic E-state index is -0.507. The van der Waals surface area contributed by atoms with Gasteiger partial charge in [0.15, 0.2) is 0 Å². The summed E-state index contributed by atoms with van der Waals surface area (Å²) in [5, 5.41) is 3.49. The highest BCUT2D eigenvalue weighted by Crippen LogP contribution is 2.32. The Morgan fingerprint density at radius 2 is 1.90 bits per heavy atom. The van der Waals surface area contributed by atoms with E-state index in [2.05, 4.69) is 31.1 Å². The molecule has 0 fully saturated rings. The highest BCUT2D eigenvalue weighted by atomic mass is 16.5. The molecular formula is C16H20N2O3. The van der Waals surface area contributed by atoms with Crippen molar-refractivity contribution < 1.29 is 14.3 Å². The van der Waals surface area contributed by atoms with Crippen LogP contribution < -0.4 is 5.32 Å². The molecule has 1 aromatic heterocycles. The normalized spacial score (nSPS) is 11.5. The maximum atomic E-state index is 11.9. The van der Waals surface area contributed by atoms with Gasteiger partial charge in [-0.2, -0.15) is 0 Å². The molecule has 2 aromatic rings. The van der Waals surface area contributed by atoms with Crippen LogP contribution in [-0.2, 0) is 14.9 Å². The Morgan fingerprint density at radius 3 is 2.43 bits per heavy atom. The van der Waals surface area contributed by atoms with Crippen molar-refractivity contribution in [2.24, 2.45) is 0 Å². The third-order valence-corrected chi connectivity index (χ3v) is 3.36. The number of H-pyrrole nitrogens is 1. The van der Waals surface area contributed by atoms with E-state index in [1.54, 1.807) is 0 Å². The molecule has 0 unspecified atom stereocenters. The maximum absolute atomic E-state index is 11.9. The van der Waals surface area contributed by atoms with Crippen LogP contribution in [0.25, 0.3) is 10.9 Å². The molecule has 0 atom stereocenters. The van der Waals surface area contributed by atoms with Crippen molar-refractivity contribution in [1.82, 2.24) is 4.98 Å². The van der Waals surface area contributed by atoms with E-state index < -0.39 is 5.97 Å². The standard InChI is InChI=1S/C16H20N2O3/c1-9(19)17-13-11-7-6-10(16(2,3)4)8-12(11)18-14(13)15(20)21-5/h6-8,18H,1-5H3,(H,17,19). The molecule has 21 heavy (non-hydrogen) atoms. The summed E-state index contributed by atoms with van der Waals surface area (Å²) in [6.45, 7) is 7.76. The second kappa shape index (κ2) is 5.24. The highest BCUT2D eigenvalue weighted by molar-refractivity contribution is 6.10. The van der Waals surface area contributed by atoms with Crippen LogP contribution in [0.1, 0.15) is 43.7 Å². The molecule has 2 rings (SSSR count). The SMILES string of the molecule is COC(=O)c1[nH]c2cc(C(C)(C)C)ccc2c1NC(C)=O. The number of anilines is 1. The van der Waals surface area contributed by atoms with Crippen LogP contribution in [0.4, 0.5) is 5.69 Å². The number of aromatic amines is 1. The fraction of sp³-hybridized carbons (Fsp3) is 0.375. The number of carbonyl (C=O) groups is 2. The van der Waals surface area contributed by atoms with E-state index in [9.17, 15) is 9.59 Å². The van der Waals surface area contributed by atoms with Crippen molar-refractivity contribution in [2.45, 2.75) is 33.1 Å². The van der Waals surface area contributed by atoms with E-state index in [4.69, 9.17) is 4.74 Å². The Bertz CT molecular complexity index is 708. The summed E-state index contributed by atoms with van der Waals surface area (Å²) in [5.41, 5.74) is 2.66. The van der Waals surface area contributed by atoms with E-state index >= 15 is 0 Å². The number of rotatable bonds is 2. The minimum absolute atomic E-state index is 0.00110. The first-order valence-corrected chi connectivity index (χ1v) is 6.76. The number of aromatic nitrogens is 1. The molecule has 0 spiro atoms. The largest absolute Gasteiger partial charge is 0.464 e. The zero-order valence-corrected chi connectivity index (χ0v) is 13.0. The predicted octanol–water partition coefficient (Wildman–Crippen LogP) is 3.21. The number of benzene rings is 1. The van der Waals surface area contributed by atoms with E-state index in [0.717, 1.165) is 16.5 Å². The number of carbonyl (C=O) groups excluding carboxylic acids is 2. The molecule has 0 saturated carbocycles. The average Bonchev–Trinajstić information content (AvgIpc) is 2.74. The summed E-state index contributed by atoms with van der Waals surface area (Å²) in [7, 11) is 1.31. The number of esters is 1. The maximum Gasteiger partial charge on any atom is 0.356 e. The third-order valence-electron chi connectivity index (χ3n) is 3.36. The number of hydrogen-bond donors (Lipinski definition) is 2. The van der Waals surface area contributed by atoms with Crippen molar-refractivity contribution in [2.75, 3.05) is 12.4 Å². The van der Waals surface area contributed by atoms with Gasteiger partial charge in [0.05, 0.1) is 12.8 Å². The molecule has 0 bridgehead atoms. The van der Waals surface area contributed by atoms with Crippen molar-refractivity contribution >= 4 is 28.5 Å². The van der Waals surface area contributed by atoms with Crippen LogP contribution in [0.2, 0.25) is 0 Å². The van der Waals surface area contributed by atoms with Crippen LogP contribution in [0.5, 0.6) is 0 Å². The monoisotopic (exact) mass is 288 g/mol. The zero-order chi connectivity index (χ0) is 15.8. The highest BCUT2D eigenvalue weighted by Gasteiger charge is 2.21. The molecular weight excluding hydrogens is 268 g/mol. The van der Waals surface area contributed by atoms with Crippen LogP contribution in [-0.4, -0.2) is 24.0 Å². The molecule has 0 aliphatic heterocycles.